The van der Waals surface area contributed by atoms with Gasteiger partial charge >= 0.3 is 0 Å². The second-order valence-corrected chi connectivity index (χ2v) is 5.95. The summed E-state index contributed by atoms with van der Waals surface area (Å²) in [4.78, 5) is 24.6. The third-order valence-electron chi connectivity index (χ3n) is 4.12. The highest BCUT2D eigenvalue weighted by Gasteiger charge is 2.18. The van der Waals surface area contributed by atoms with Crippen molar-refractivity contribution in [2.75, 3.05) is 39.3 Å². The van der Waals surface area contributed by atoms with Crippen LogP contribution in [0.5, 0.6) is 23.0 Å². The molecular weight excluding hydrogens is 364 g/mol. The summed E-state index contributed by atoms with van der Waals surface area (Å²) in [5, 5.41) is 5.49. The molecule has 0 fully saturated rings. The topological polar surface area (TPSA) is 95.1 Å². The summed E-state index contributed by atoms with van der Waals surface area (Å²) in [6.45, 7) is 1.15. The number of nitrogens with one attached hydrogen (secondary N) is 2. The summed E-state index contributed by atoms with van der Waals surface area (Å²) in [6.07, 6.45) is 0.109. The highest BCUT2D eigenvalue weighted by atomic mass is 16.6. The van der Waals surface area contributed by atoms with Gasteiger partial charge in [0, 0.05) is 24.7 Å². The van der Waals surface area contributed by atoms with Crippen LogP contribution in [0.1, 0.15) is 16.8 Å². The second-order valence-electron chi connectivity index (χ2n) is 5.95. The van der Waals surface area contributed by atoms with E-state index in [1.165, 1.54) is 14.2 Å². The summed E-state index contributed by atoms with van der Waals surface area (Å²) in [5.74, 6) is 1.45. The highest BCUT2D eigenvalue weighted by Crippen LogP contribution is 2.32. The molecule has 2 amide bonds. The lowest BCUT2D eigenvalue weighted by molar-refractivity contribution is -0.116. The minimum atomic E-state index is -0.374. The second kappa shape index (κ2) is 8.98. The number of hydrogen-bond donors (Lipinski definition) is 2. The largest absolute Gasteiger partial charge is 0.496 e. The van der Waals surface area contributed by atoms with Gasteiger partial charge in [0.1, 0.15) is 30.3 Å². The Morgan fingerprint density at radius 3 is 2.36 bits per heavy atom. The maximum atomic E-state index is 12.5. The van der Waals surface area contributed by atoms with Gasteiger partial charge in [0.25, 0.3) is 5.91 Å². The van der Waals surface area contributed by atoms with Crippen molar-refractivity contribution in [2.45, 2.75) is 6.42 Å². The lowest BCUT2D eigenvalue weighted by Crippen LogP contribution is -2.28. The molecule has 0 aliphatic carbocycles. The van der Waals surface area contributed by atoms with Crippen LogP contribution in [-0.2, 0) is 4.79 Å². The molecule has 8 heteroatoms. The number of hydrogen-bond acceptors (Lipinski definition) is 6. The third-order valence-corrected chi connectivity index (χ3v) is 4.12. The van der Waals surface area contributed by atoms with E-state index < -0.39 is 0 Å². The molecule has 0 aromatic heterocycles. The number of ether oxygens (including phenoxy) is 4. The van der Waals surface area contributed by atoms with E-state index >= 15 is 0 Å². The molecule has 0 saturated carbocycles. The van der Waals surface area contributed by atoms with E-state index in [9.17, 15) is 9.59 Å². The molecule has 1 aliphatic rings. The van der Waals surface area contributed by atoms with E-state index in [4.69, 9.17) is 18.9 Å². The summed E-state index contributed by atoms with van der Waals surface area (Å²) in [5.41, 5.74) is 0.895. The Morgan fingerprint density at radius 1 is 1.00 bits per heavy atom. The number of anilines is 1. The average Bonchev–Trinajstić information content (AvgIpc) is 2.72. The van der Waals surface area contributed by atoms with E-state index in [1.54, 1.807) is 36.4 Å². The zero-order valence-electron chi connectivity index (χ0n) is 15.7. The molecule has 0 saturated heterocycles. The molecule has 2 aromatic carbocycles. The van der Waals surface area contributed by atoms with Crippen LogP contribution in [0.2, 0.25) is 0 Å². The van der Waals surface area contributed by atoms with E-state index in [0.29, 0.717) is 47.5 Å². The van der Waals surface area contributed by atoms with Gasteiger partial charge in [-0.1, -0.05) is 6.07 Å². The quantitative estimate of drug-likeness (QED) is 0.758. The minimum absolute atomic E-state index is 0.109. The summed E-state index contributed by atoms with van der Waals surface area (Å²) in [6, 6.07) is 10.3. The SMILES string of the molecule is COc1cccc(OC)c1C(=O)NCCC(=O)Nc1ccc2c(c1)OCCO2. The van der Waals surface area contributed by atoms with Crippen molar-refractivity contribution in [3.63, 3.8) is 0 Å². The molecule has 2 aromatic rings. The van der Waals surface area contributed by atoms with Gasteiger partial charge in [-0.2, -0.15) is 0 Å². The highest BCUT2D eigenvalue weighted by molar-refractivity contribution is 6.00. The van der Waals surface area contributed by atoms with Crippen LogP contribution in [0, 0.1) is 0 Å². The fourth-order valence-corrected chi connectivity index (χ4v) is 2.80. The van der Waals surface area contributed by atoms with Crippen LogP contribution >= 0.6 is 0 Å². The van der Waals surface area contributed by atoms with Crippen LogP contribution in [0.3, 0.4) is 0 Å². The molecule has 0 radical (unpaired) electrons. The molecule has 3 rings (SSSR count). The smallest absolute Gasteiger partial charge is 0.258 e. The first-order chi connectivity index (χ1) is 13.6. The van der Waals surface area contributed by atoms with E-state index in [0.717, 1.165) is 0 Å². The molecule has 2 N–H and O–H groups in total. The first kappa shape index (κ1) is 19.3. The van der Waals surface area contributed by atoms with Crippen molar-refractivity contribution in [3.8, 4) is 23.0 Å². The van der Waals surface area contributed by atoms with Crippen molar-refractivity contribution < 1.29 is 28.5 Å². The van der Waals surface area contributed by atoms with E-state index in [1.807, 2.05) is 0 Å². The number of rotatable bonds is 7. The van der Waals surface area contributed by atoms with Gasteiger partial charge in [0.15, 0.2) is 11.5 Å². The Kier molecular flexibility index (Phi) is 6.21. The third kappa shape index (κ3) is 4.46. The molecule has 0 atom stereocenters. The van der Waals surface area contributed by atoms with Gasteiger partial charge in [0.2, 0.25) is 5.91 Å². The predicted molar refractivity (Wildman–Crippen MR) is 103 cm³/mol. The van der Waals surface area contributed by atoms with Gasteiger partial charge in [-0.3, -0.25) is 9.59 Å². The fraction of sp³-hybridized carbons (Fsp3) is 0.300. The van der Waals surface area contributed by atoms with Gasteiger partial charge in [-0.15, -0.1) is 0 Å². The van der Waals surface area contributed by atoms with Crippen LogP contribution < -0.4 is 29.6 Å². The number of benzene rings is 2. The lowest BCUT2D eigenvalue weighted by Gasteiger charge is -2.19. The van der Waals surface area contributed by atoms with E-state index in [-0.39, 0.29) is 24.8 Å². The van der Waals surface area contributed by atoms with Crippen LogP contribution in [0.25, 0.3) is 0 Å². The van der Waals surface area contributed by atoms with Crippen molar-refractivity contribution in [3.05, 3.63) is 42.0 Å². The van der Waals surface area contributed by atoms with Crippen LogP contribution in [0.15, 0.2) is 36.4 Å². The Labute approximate surface area is 162 Å². The number of fused-ring (bicyclic) bond motifs is 1. The molecule has 1 heterocycles. The van der Waals surface area contributed by atoms with Crippen LogP contribution in [-0.4, -0.2) is 45.8 Å². The number of amides is 2. The molecule has 0 spiro atoms. The Balaban J connectivity index is 1.54. The standard InChI is InChI=1S/C20H22N2O6/c1-25-15-4-3-5-16(26-2)19(15)20(24)21-9-8-18(23)22-13-6-7-14-17(12-13)28-11-10-27-14/h3-7,12H,8-11H2,1-2H3,(H,21,24)(H,22,23). The average molecular weight is 386 g/mol. The van der Waals surface area contributed by atoms with Crippen molar-refractivity contribution in [1.29, 1.82) is 0 Å². The van der Waals surface area contributed by atoms with Crippen molar-refractivity contribution in [2.24, 2.45) is 0 Å². The number of carbonyl (C=O) groups excluding carboxylic acids is 2. The summed E-state index contributed by atoms with van der Waals surface area (Å²) >= 11 is 0. The first-order valence-corrected chi connectivity index (χ1v) is 8.81. The number of carbonyl (C=O) groups is 2. The number of methoxy groups -OCH3 is 2. The Bertz CT molecular complexity index is 846. The lowest BCUT2D eigenvalue weighted by atomic mass is 10.1. The molecule has 0 bridgehead atoms. The van der Waals surface area contributed by atoms with Crippen LogP contribution in [0.4, 0.5) is 5.69 Å². The molecule has 8 nitrogen and oxygen atoms in total. The van der Waals surface area contributed by atoms with Gasteiger partial charge in [-0.25, -0.2) is 0 Å². The van der Waals surface area contributed by atoms with Crippen molar-refractivity contribution in [1.82, 2.24) is 5.32 Å². The van der Waals surface area contributed by atoms with Gasteiger partial charge in [0.05, 0.1) is 14.2 Å². The maximum absolute atomic E-state index is 12.5. The zero-order valence-corrected chi connectivity index (χ0v) is 15.7. The van der Waals surface area contributed by atoms with E-state index in [2.05, 4.69) is 10.6 Å². The molecular formula is C20H22N2O6. The summed E-state index contributed by atoms with van der Waals surface area (Å²) < 4.78 is 21.4. The maximum Gasteiger partial charge on any atom is 0.258 e. The van der Waals surface area contributed by atoms with Crippen molar-refractivity contribution >= 4 is 17.5 Å². The summed E-state index contributed by atoms with van der Waals surface area (Å²) in [7, 11) is 2.96. The minimum Gasteiger partial charge on any atom is -0.496 e. The zero-order chi connectivity index (χ0) is 19.9. The van der Waals surface area contributed by atoms with Gasteiger partial charge in [-0.05, 0) is 24.3 Å². The molecule has 0 unspecified atom stereocenters. The van der Waals surface area contributed by atoms with Gasteiger partial charge < -0.3 is 29.6 Å². The monoisotopic (exact) mass is 386 g/mol. The predicted octanol–water partition coefficient (Wildman–Crippen LogP) is 2.23. The molecule has 148 valence electrons. The fourth-order valence-electron chi connectivity index (χ4n) is 2.80. The normalized spacial score (nSPS) is 12.1. The Hall–Kier alpha value is -3.42. The Morgan fingerprint density at radius 2 is 1.68 bits per heavy atom. The molecule has 28 heavy (non-hydrogen) atoms. The first-order valence-electron chi connectivity index (χ1n) is 8.81. The molecule has 1 aliphatic heterocycles.